The van der Waals surface area contributed by atoms with Crippen molar-refractivity contribution in [1.82, 2.24) is 4.98 Å². The predicted octanol–water partition coefficient (Wildman–Crippen LogP) is 0.592. The Bertz CT molecular complexity index is 503. The maximum Gasteiger partial charge on any atom is 0.707 e. The molecule has 0 radical (unpaired) electrons. The van der Waals surface area contributed by atoms with E-state index in [0.717, 1.165) is 5.39 Å². The van der Waals surface area contributed by atoms with Crippen LogP contribution in [0.25, 0.3) is 10.9 Å². The van der Waals surface area contributed by atoms with Gasteiger partial charge in [-0.3, -0.25) is 4.98 Å². The number of methoxy groups -OCH3 is 1. The van der Waals surface area contributed by atoms with Crippen molar-refractivity contribution in [2.45, 2.75) is 0 Å². The highest BCUT2D eigenvalue weighted by molar-refractivity contribution is 6.33. The summed E-state index contributed by atoms with van der Waals surface area (Å²) >= 11 is 0. The van der Waals surface area contributed by atoms with Gasteiger partial charge in [-0.05, 0) is 18.2 Å². The molecule has 1 heterocycles. The smallest absolute Gasteiger partial charge is 0.512 e. The van der Waals surface area contributed by atoms with Gasteiger partial charge in [0.2, 0.25) is 0 Å². The van der Waals surface area contributed by atoms with E-state index in [2.05, 4.69) is 4.98 Å². The molecule has 0 fully saturated rings. The molecule has 0 spiro atoms. The molecule has 16 heavy (non-hydrogen) atoms. The Morgan fingerprint density at radius 3 is 2.75 bits per heavy atom. The SMILES string of the molecule is COc1ccnc2cc(OB(O)O)ccc12. The molecule has 0 amide bonds. The van der Waals surface area contributed by atoms with Gasteiger partial charge in [-0.2, -0.15) is 0 Å². The zero-order chi connectivity index (χ0) is 11.5. The number of benzene rings is 1. The maximum atomic E-state index is 8.67. The predicted molar refractivity (Wildman–Crippen MR) is 59.1 cm³/mol. The van der Waals surface area contributed by atoms with Gasteiger partial charge in [0.05, 0.1) is 12.6 Å². The number of aromatic nitrogens is 1. The Balaban J connectivity index is 2.47. The number of rotatable bonds is 3. The van der Waals surface area contributed by atoms with Crippen molar-refractivity contribution < 1.29 is 19.4 Å². The van der Waals surface area contributed by atoms with Crippen molar-refractivity contribution in [2.75, 3.05) is 7.11 Å². The van der Waals surface area contributed by atoms with Crippen LogP contribution in [0.2, 0.25) is 0 Å². The third-order valence-electron chi connectivity index (χ3n) is 2.14. The fourth-order valence-electron chi connectivity index (χ4n) is 1.47. The lowest BCUT2D eigenvalue weighted by molar-refractivity contribution is 0.288. The minimum absolute atomic E-state index is 0.336. The van der Waals surface area contributed by atoms with Crippen molar-refractivity contribution in [3.8, 4) is 11.5 Å². The quantitative estimate of drug-likeness (QED) is 0.739. The molecule has 0 aliphatic heterocycles. The largest absolute Gasteiger partial charge is 0.707 e. The monoisotopic (exact) mass is 219 g/mol. The molecular weight excluding hydrogens is 209 g/mol. The molecule has 0 unspecified atom stereocenters. The molecule has 0 aliphatic rings. The van der Waals surface area contributed by atoms with E-state index in [9.17, 15) is 0 Å². The summed E-state index contributed by atoms with van der Waals surface area (Å²) in [7, 11) is -0.250. The molecule has 1 aromatic heterocycles. The van der Waals surface area contributed by atoms with Crippen LogP contribution < -0.4 is 9.39 Å². The Kier molecular flexibility index (Phi) is 2.94. The van der Waals surface area contributed by atoms with Crippen LogP contribution in [0.4, 0.5) is 0 Å². The lowest BCUT2D eigenvalue weighted by atomic mass is 10.2. The highest BCUT2D eigenvalue weighted by atomic mass is 16.6. The zero-order valence-corrected chi connectivity index (χ0v) is 8.62. The van der Waals surface area contributed by atoms with Crippen LogP contribution in [-0.4, -0.2) is 29.5 Å². The average Bonchev–Trinajstić information content (AvgIpc) is 2.27. The Hall–Kier alpha value is -1.79. The molecule has 2 aromatic rings. The molecule has 0 bridgehead atoms. The van der Waals surface area contributed by atoms with Crippen LogP contribution in [0, 0.1) is 0 Å². The second-order valence-electron chi connectivity index (χ2n) is 3.14. The summed E-state index contributed by atoms with van der Waals surface area (Å²) in [6, 6.07) is 6.73. The van der Waals surface area contributed by atoms with Crippen LogP contribution in [0.3, 0.4) is 0 Å². The molecule has 0 atom stereocenters. The summed E-state index contributed by atoms with van der Waals surface area (Å²) < 4.78 is 9.89. The summed E-state index contributed by atoms with van der Waals surface area (Å²) in [6.07, 6.45) is 1.61. The normalized spacial score (nSPS) is 10.2. The van der Waals surface area contributed by atoms with E-state index in [0.29, 0.717) is 17.0 Å². The van der Waals surface area contributed by atoms with Gasteiger partial charge in [-0.1, -0.05) is 0 Å². The fraction of sp³-hybridized carbons (Fsp3) is 0.100. The molecule has 5 nitrogen and oxygen atoms in total. The van der Waals surface area contributed by atoms with E-state index in [1.807, 2.05) is 0 Å². The van der Waals surface area contributed by atoms with Crippen LogP contribution in [0.5, 0.6) is 11.5 Å². The van der Waals surface area contributed by atoms with E-state index in [-0.39, 0.29) is 0 Å². The average molecular weight is 219 g/mol. The van der Waals surface area contributed by atoms with Crippen LogP contribution in [0.15, 0.2) is 30.5 Å². The molecule has 2 N–H and O–H groups in total. The zero-order valence-electron chi connectivity index (χ0n) is 8.62. The van der Waals surface area contributed by atoms with Crippen molar-refractivity contribution in [3.63, 3.8) is 0 Å². The van der Waals surface area contributed by atoms with Crippen molar-refractivity contribution in [1.29, 1.82) is 0 Å². The summed E-state index contributed by atoms with van der Waals surface area (Å²) in [4.78, 5) is 4.13. The van der Waals surface area contributed by atoms with Crippen LogP contribution in [0.1, 0.15) is 0 Å². The third kappa shape index (κ3) is 2.07. The lowest BCUT2D eigenvalue weighted by Gasteiger charge is -2.07. The second kappa shape index (κ2) is 4.38. The Labute approximate surface area is 92.4 Å². The van der Waals surface area contributed by atoms with Crippen LogP contribution in [-0.2, 0) is 0 Å². The molecule has 0 saturated carbocycles. The first-order valence-electron chi connectivity index (χ1n) is 4.66. The first-order chi connectivity index (χ1) is 7.70. The number of pyridine rings is 1. The number of hydrogen-bond donors (Lipinski definition) is 2. The van der Waals surface area contributed by atoms with E-state index < -0.39 is 7.32 Å². The summed E-state index contributed by atoms with van der Waals surface area (Å²) in [5.41, 5.74) is 0.664. The third-order valence-corrected chi connectivity index (χ3v) is 2.14. The molecule has 1 aromatic carbocycles. The fourth-order valence-corrected chi connectivity index (χ4v) is 1.47. The second-order valence-corrected chi connectivity index (χ2v) is 3.14. The minimum atomic E-state index is -1.83. The van der Waals surface area contributed by atoms with Crippen LogP contribution >= 0.6 is 0 Å². The number of nitrogens with zero attached hydrogens (tertiary/aromatic N) is 1. The molecular formula is C10H10BNO4. The molecule has 82 valence electrons. The summed E-state index contributed by atoms with van der Waals surface area (Å²) in [5, 5.41) is 18.2. The highest BCUT2D eigenvalue weighted by Gasteiger charge is 2.12. The number of fused-ring (bicyclic) bond motifs is 1. The standard InChI is InChI=1S/C10H10BNO4/c1-15-10-4-5-12-9-6-7(16-11(13)14)2-3-8(9)10/h2-6,13-14H,1H3. The van der Waals surface area contributed by atoms with E-state index in [1.165, 1.54) is 0 Å². The van der Waals surface area contributed by atoms with Gasteiger partial charge in [-0.15, -0.1) is 0 Å². The first kappa shape index (κ1) is 10.7. The number of hydrogen-bond acceptors (Lipinski definition) is 5. The Morgan fingerprint density at radius 1 is 1.25 bits per heavy atom. The minimum Gasteiger partial charge on any atom is -0.512 e. The van der Waals surface area contributed by atoms with Gasteiger partial charge in [0.15, 0.2) is 0 Å². The molecule has 0 saturated heterocycles. The molecule has 2 rings (SSSR count). The van der Waals surface area contributed by atoms with E-state index >= 15 is 0 Å². The number of ether oxygens (including phenoxy) is 1. The summed E-state index contributed by atoms with van der Waals surface area (Å²) in [5.74, 6) is 1.05. The van der Waals surface area contributed by atoms with Gasteiger partial charge in [0, 0.05) is 17.6 Å². The van der Waals surface area contributed by atoms with Crippen molar-refractivity contribution >= 4 is 18.2 Å². The van der Waals surface area contributed by atoms with Crippen molar-refractivity contribution in [2.24, 2.45) is 0 Å². The van der Waals surface area contributed by atoms with Gasteiger partial charge < -0.3 is 19.4 Å². The maximum absolute atomic E-state index is 8.67. The van der Waals surface area contributed by atoms with Gasteiger partial charge in [-0.25, -0.2) is 0 Å². The van der Waals surface area contributed by atoms with Gasteiger partial charge in [0.1, 0.15) is 11.5 Å². The Morgan fingerprint density at radius 2 is 2.06 bits per heavy atom. The topological polar surface area (TPSA) is 71.8 Å². The summed E-state index contributed by atoms with van der Waals surface area (Å²) in [6.45, 7) is 0. The van der Waals surface area contributed by atoms with E-state index in [1.54, 1.807) is 37.6 Å². The molecule has 6 heteroatoms. The van der Waals surface area contributed by atoms with Gasteiger partial charge in [0.25, 0.3) is 0 Å². The lowest BCUT2D eigenvalue weighted by Crippen LogP contribution is -2.20. The molecule has 0 aliphatic carbocycles. The highest BCUT2D eigenvalue weighted by Crippen LogP contribution is 2.26. The van der Waals surface area contributed by atoms with Crippen molar-refractivity contribution in [3.05, 3.63) is 30.5 Å². The first-order valence-corrected chi connectivity index (χ1v) is 4.66. The van der Waals surface area contributed by atoms with E-state index in [4.69, 9.17) is 19.4 Å². The van der Waals surface area contributed by atoms with Gasteiger partial charge >= 0.3 is 7.32 Å².